The number of aromatic nitrogens is 2. The van der Waals surface area contributed by atoms with Crippen molar-refractivity contribution < 1.29 is 4.74 Å². The van der Waals surface area contributed by atoms with Gasteiger partial charge in [0.2, 0.25) is 0 Å². The zero-order valence-electron chi connectivity index (χ0n) is 10.9. The molecule has 1 aliphatic heterocycles. The minimum absolute atomic E-state index is 0.122. The highest BCUT2D eigenvalue weighted by molar-refractivity contribution is 5.34. The van der Waals surface area contributed by atoms with Crippen LogP contribution < -0.4 is 10.9 Å². The molecule has 2 N–H and O–H groups in total. The number of aryl methyl sites for hydroxylation is 1. The summed E-state index contributed by atoms with van der Waals surface area (Å²) in [5.74, 6) is 1.26. The van der Waals surface area contributed by atoms with Crippen LogP contribution in [-0.2, 0) is 4.74 Å². The Morgan fingerprint density at radius 1 is 1.56 bits per heavy atom. The Morgan fingerprint density at radius 2 is 2.28 bits per heavy atom. The van der Waals surface area contributed by atoms with E-state index in [1.165, 1.54) is 6.07 Å². The molecular weight excluding hydrogens is 232 g/mol. The van der Waals surface area contributed by atoms with Gasteiger partial charge in [-0.15, -0.1) is 0 Å². The Kier molecular flexibility index (Phi) is 4.33. The lowest BCUT2D eigenvalue weighted by molar-refractivity contribution is 0.0368. The highest BCUT2D eigenvalue weighted by atomic mass is 16.5. The van der Waals surface area contributed by atoms with E-state index in [0.717, 1.165) is 32.8 Å². The van der Waals surface area contributed by atoms with E-state index in [0.29, 0.717) is 11.6 Å². The molecule has 1 unspecified atom stereocenters. The lowest BCUT2D eigenvalue weighted by atomic mass is 10.3. The van der Waals surface area contributed by atoms with Gasteiger partial charge in [-0.05, 0) is 13.8 Å². The van der Waals surface area contributed by atoms with Gasteiger partial charge in [-0.3, -0.25) is 9.69 Å². The van der Waals surface area contributed by atoms with Crippen molar-refractivity contribution in [3.8, 4) is 0 Å². The lowest BCUT2D eigenvalue weighted by Gasteiger charge is -2.29. The number of morpholine rings is 1. The van der Waals surface area contributed by atoms with Gasteiger partial charge in [0.25, 0.3) is 5.56 Å². The Morgan fingerprint density at radius 3 is 2.94 bits per heavy atom. The van der Waals surface area contributed by atoms with Crippen molar-refractivity contribution in [1.82, 2.24) is 14.9 Å². The van der Waals surface area contributed by atoms with Gasteiger partial charge in [-0.2, -0.15) is 0 Å². The molecule has 1 atom stereocenters. The SMILES string of the molecule is Cc1nc(NC(C)CN2CCOCC2)cc(=O)[nH]1. The molecule has 6 nitrogen and oxygen atoms in total. The first-order valence-electron chi connectivity index (χ1n) is 6.28. The van der Waals surface area contributed by atoms with Crippen LogP contribution in [0.2, 0.25) is 0 Å². The van der Waals surface area contributed by atoms with Crippen molar-refractivity contribution in [2.45, 2.75) is 19.9 Å². The zero-order chi connectivity index (χ0) is 13.0. The summed E-state index contributed by atoms with van der Waals surface area (Å²) in [4.78, 5) is 20.6. The summed E-state index contributed by atoms with van der Waals surface area (Å²) in [6.07, 6.45) is 0. The Bertz CT molecular complexity index is 440. The van der Waals surface area contributed by atoms with E-state index < -0.39 is 0 Å². The second kappa shape index (κ2) is 5.97. The zero-order valence-corrected chi connectivity index (χ0v) is 10.9. The fourth-order valence-electron chi connectivity index (χ4n) is 2.12. The Labute approximate surface area is 106 Å². The van der Waals surface area contributed by atoms with Gasteiger partial charge in [0.15, 0.2) is 0 Å². The molecule has 1 fully saturated rings. The molecule has 1 aromatic rings. The molecule has 1 aromatic heterocycles. The smallest absolute Gasteiger partial charge is 0.252 e. The van der Waals surface area contributed by atoms with Gasteiger partial charge in [0.1, 0.15) is 11.6 Å². The maximum Gasteiger partial charge on any atom is 0.252 e. The number of rotatable bonds is 4. The van der Waals surface area contributed by atoms with Gasteiger partial charge >= 0.3 is 0 Å². The van der Waals surface area contributed by atoms with Crippen LogP contribution >= 0.6 is 0 Å². The molecule has 0 saturated carbocycles. The highest BCUT2D eigenvalue weighted by Gasteiger charge is 2.13. The summed E-state index contributed by atoms with van der Waals surface area (Å²) in [5.41, 5.74) is -0.122. The minimum atomic E-state index is -0.122. The van der Waals surface area contributed by atoms with Crippen molar-refractivity contribution in [1.29, 1.82) is 0 Å². The second-order valence-electron chi connectivity index (χ2n) is 4.67. The summed E-state index contributed by atoms with van der Waals surface area (Å²) in [5, 5.41) is 3.26. The van der Waals surface area contributed by atoms with Crippen LogP contribution in [-0.4, -0.2) is 53.8 Å². The van der Waals surface area contributed by atoms with E-state index in [9.17, 15) is 4.79 Å². The maximum atomic E-state index is 11.3. The summed E-state index contributed by atoms with van der Waals surface area (Å²) in [6, 6.07) is 1.74. The maximum absolute atomic E-state index is 11.3. The average Bonchev–Trinajstić information content (AvgIpc) is 2.28. The fourth-order valence-corrected chi connectivity index (χ4v) is 2.12. The molecule has 1 saturated heterocycles. The molecular formula is C12H20N4O2. The Hall–Kier alpha value is -1.40. The van der Waals surface area contributed by atoms with Crippen molar-refractivity contribution >= 4 is 5.82 Å². The third-order valence-electron chi connectivity index (χ3n) is 2.89. The van der Waals surface area contributed by atoms with Crippen LogP contribution in [0.3, 0.4) is 0 Å². The molecule has 0 bridgehead atoms. The van der Waals surface area contributed by atoms with E-state index in [4.69, 9.17) is 4.74 Å². The minimum Gasteiger partial charge on any atom is -0.379 e. The number of hydrogen-bond acceptors (Lipinski definition) is 5. The molecule has 100 valence electrons. The fraction of sp³-hybridized carbons (Fsp3) is 0.667. The summed E-state index contributed by atoms with van der Waals surface area (Å²) >= 11 is 0. The number of ether oxygens (including phenoxy) is 1. The van der Waals surface area contributed by atoms with Crippen LogP contribution in [0.4, 0.5) is 5.82 Å². The monoisotopic (exact) mass is 252 g/mol. The topological polar surface area (TPSA) is 70.2 Å². The molecule has 0 aromatic carbocycles. The third kappa shape index (κ3) is 3.82. The number of anilines is 1. The number of hydrogen-bond donors (Lipinski definition) is 2. The summed E-state index contributed by atoms with van der Waals surface area (Å²) in [6.45, 7) is 8.33. The molecule has 0 aliphatic carbocycles. The van der Waals surface area contributed by atoms with Crippen LogP contribution in [0, 0.1) is 6.92 Å². The van der Waals surface area contributed by atoms with E-state index in [2.05, 4.69) is 27.1 Å². The van der Waals surface area contributed by atoms with E-state index in [1.54, 1.807) is 6.92 Å². The molecule has 2 rings (SSSR count). The van der Waals surface area contributed by atoms with Crippen LogP contribution in [0.25, 0.3) is 0 Å². The summed E-state index contributed by atoms with van der Waals surface area (Å²) in [7, 11) is 0. The van der Waals surface area contributed by atoms with Crippen LogP contribution in [0.15, 0.2) is 10.9 Å². The molecule has 18 heavy (non-hydrogen) atoms. The summed E-state index contributed by atoms with van der Waals surface area (Å²) < 4.78 is 5.31. The average molecular weight is 252 g/mol. The predicted octanol–water partition coefficient (Wildman–Crippen LogP) is 0.211. The first kappa shape index (κ1) is 13.0. The molecule has 0 radical (unpaired) electrons. The quantitative estimate of drug-likeness (QED) is 0.801. The third-order valence-corrected chi connectivity index (χ3v) is 2.89. The molecule has 0 amide bonds. The van der Waals surface area contributed by atoms with Gasteiger partial charge in [-0.25, -0.2) is 4.98 Å². The first-order valence-corrected chi connectivity index (χ1v) is 6.28. The molecule has 1 aliphatic rings. The standard InChI is InChI=1S/C12H20N4O2/c1-9(8-16-3-5-18-6-4-16)13-11-7-12(17)15-10(2)14-11/h7,9H,3-6,8H2,1-2H3,(H2,13,14,15,17). The largest absolute Gasteiger partial charge is 0.379 e. The highest BCUT2D eigenvalue weighted by Crippen LogP contribution is 2.04. The van der Waals surface area contributed by atoms with E-state index in [-0.39, 0.29) is 11.6 Å². The Balaban J connectivity index is 1.89. The predicted molar refractivity (Wildman–Crippen MR) is 69.9 cm³/mol. The second-order valence-corrected chi connectivity index (χ2v) is 4.67. The van der Waals surface area contributed by atoms with E-state index in [1.807, 2.05) is 0 Å². The molecule has 6 heteroatoms. The lowest BCUT2D eigenvalue weighted by Crippen LogP contribution is -2.42. The van der Waals surface area contributed by atoms with Crippen molar-refractivity contribution in [3.05, 3.63) is 22.2 Å². The van der Waals surface area contributed by atoms with Gasteiger partial charge in [0, 0.05) is 31.7 Å². The van der Waals surface area contributed by atoms with Crippen molar-refractivity contribution in [2.75, 3.05) is 38.2 Å². The van der Waals surface area contributed by atoms with Crippen LogP contribution in [0.1, 0.15) is 12.7 Å². The number of H-pyrrole nitrogens is 1. The number of nitrogens with zero attached hydrogens (tertiary/aromatic N) is 2. The van der Waals surface area contributed by atoms with Gasteiger partial charge in [0.05, 0.1) is 13.2 Å². The first-order chi connectivity index (χ1) is 8.63. The normalized spacial score (nSPS) is 18.6. The van der Waals surface area contributed by atoms with Crippen molar-refractivity contribution in [2.24, 2.45) is 0 Å². The van der Waals surface area contributed by atoms with Crippen LogP contribution in [0.5, 0.6) is 0 Å². The molecule has 2 heterocycles. The van der Waals surface area contributed by atoms with Crippen molar-refractivity contribution in [3.63, 3.8) is 0 Å². The van der Waals surface area contributed by atoms with E-state index >= 15 is 0 Å². The van der Waals surface area contributed by atoms with Gasteiger partial charge < -0.3 is 15.0 Å². The number of nitrogens with one attached hydrogen (secondary N) is 2. The molecule has 0 spiro atoms. The number of aromatic amines is 1. The van der Waals surface area contributed by atoms with Gasteiger partial charge in [-0.1, -0.05) is 0 Å².